The number of likely N-dealkylation sites (N-methyl/N-ethyl adjacent to an activating group) is 1. The highest BCUT2D eigenvalue weighted by Gasteiger charge is 2.13. The predicted octanol–water partition coefficient (Wildman–Crippen LogP) is 3.30. The highest BCUT2D eigenvalue weighted by molar-refractivity contribution is 6.31. The highest BCUT2D eigenvalue weighted by atomic mass is 35.5. The molecular formula is C21H25ClN2O4. The smallest absolute Gasteiger partial charge is 0.344 e. The van der Waals surface area contributed by atoms with Gasteiger partial charge in [-0.1, -0.05) is 23.7 Å². The molecule has 0 N–H and O–H groups in total. The molecule has 0 fully saturated rings. The fourth-order valence-electron chi connectivity index (χ4n) is 2.40. The lowest BCUT2D eigenvalue weighted by atomic mass is 10.2. The summed E-state index contributed by atoms with van der Waals surface area (Å²) in [6.45, 7) is 1.68. The molecule has 6 nitrogen and oxygen atoms in total. The van der Waals surface area contributed by atoms with Gasteiger partial charge in [-0.3, -0.25) is 4.79 Å². The van der Waals surface area contributed by atoms with Crippen LogP contribution in [0.1, 0.15) is 11.1 Å². The zero-order chi connectivity index (χ0) is 20.7. The molecule has 0 unspecified atom stereocenters. The molecule has 0 atom stereocenters. The number of amides is 1. The first kappa shape index (κ1) is 21.6. The molecule has 0 saturated carbocycles. The van der Waals surface area contributed by atoms with Crippen molar-refractivity contribution < 1.29 is 19.1 Å². The molecule has 0 aliphatic heterocycles. The van der Waals surface area contributed by atoms with Crippen molar-refractivity contribution in [3.8, 4) is 5.75 Å². The van der Waals surface area contributed by atoms with E-state index in [1.165, 1.54) is 4.90 Å². The zero-order valence-electron chi connectivity index (χ0n) is 16.6. The lowest BCUT2D eigenvalue weighted by Crippen LogP contribution is -2.31. The molecule has 0 bridgehead atoms. The summed E-state index contributed by atoms with van der Waals surface area (Å²) in [7, 11) is 5.61. The Morgan fingerprint density at radius 1 is 1.00 bits per heavy atom. The number of carbonyl (C=O) groups is 2. The Kier molecular flexibility index (Phi) is 7.70. The topological polar surface area (TPSA) is 59.1 Å². The zero-order valence-corrected chi connectivity index (χ0v) is 17.3. The Bertz CT molecular complexity index is 822. The fourth-order valence-corrected chi connectivity index (χ4v) is 2.52. The van der Waals surface area contributed by atoms with Gasteiger partial charge in [-0.05, 0) is 48.4 Å². The lowest BCUT2D eigenvalue weighted by molar-refractivity contribution is -0.153. The number of halogens is 1. The van der Waals surface area contributed by atoms with Crippen LogP contribution in [-0.2, 0) is 20.9 Å². The summed E-state index contributed by atoms with van der Waals surface area (Å²) in [5.41, 5.74) is 2.93. The Balaban J connectivity index is 1.75. The van der Waals surface area contributed by atoms with E-state index in [2.05, 4.69) is 0 Å². The van der Waals surface area contributed by atoms with Crippen molar-refractivity contribution in [2.45, 2.75) is 13.5 Å². The normalized spacial score (nSPS) is 10.3. The van der Waals surface area contributed by atoms with Crippen molar-refractivity contribution in [3.63, 3.8) is 0 Å². The summed E-state index contributed by atoms with van der Waals surface area (Å²) in [6, 6.07) is 13.0. The van der Waals surface area contributed by atoms with E-state index in [9.17, 15) is 9.59 Å². The Morgan fingerprint density at radius 3 is 2.29 bits per heavy atom. The predicted molar refractivity (Wildman–Crippen MR) is 110 cm³/mol. The van der Waals surface area contributed by atoms with Crippen LogP contribution >= 0.6 is 11.6 Å². The maximum absolute atomic E-state index is 12.2. The summed E-state index contributed by atoms with van der Waals surface area (Å²) in [5, 5.41) is 0.625. The molecule has 0 aromatic heterocycles. The van der Waals surface area contributed by atoms with Crippen LogP contribution < -0.4 is 9.64 Å². The summed E-state index contributed by atoms with van der Waals surface area (Å²) in [6.07, 6.45) is 0. The molecule has 0 radical (unpaired) electrons. The van der Waals surface area contributed by atoms with Gasteiger partial charge in [0.2, 0.25) is 0 Å². The highest BCUT2D eigenvalue weighted by Crippen LogP contribution is 2.21. The van der Waals surface area contributed by atoms with E-state index >= 15 is 0 Å². The fraction of sp³-hybridized carbons (Fsp3) is 0.333. The molecule has 28 heavy (non-hydrogen) atoms. The van der Waals surface area contributed by atoms with Crippen molar-refractivity contribution in [2.75, 3.05) is 39.3 Å². The monoisotopic (exact) mass is 404 g/mol. The van der Waals surface area contributed by atoms with E-state index in [1.807, 2.05) is 50.2 Å². The number of benzene rings is 2. The Morgan fingerprint density at radius 2 is 1.68 bits per heavy atom. The van der Waals surface area contributed by atoms with Gasteiger partial charge in [0, 0.05) is 38.4 Å². The van der Waals surface area contributed by atoms with Crippen LogP contribution in [0.3, 0.4) is 0 Å². The lowest BCUT2D eigenvalue weighted by Gasteiger charge is -2.18. The third-order valence-electron chi connectivity index (χ3n) is 4.14. The van der Waals surface area contributed by atoms with Crippen LogP contribution in [0.25, 0.3) is 0 Å². The molecule has 2 aromatic carbocycles. The molecule has 150 valence electrons. The molecule has 2 aromatic rings. The third-order valence-corrected chi connectivity index (χ3v) is 4.57. The number of esters is 1. The van der Waals surface area contributed by atoms with Gasteiger partial charge in [-0.15, -0.1) is 0 Å². The van der Waals surface area contributed by atoms with Crippen LogP contribution in [0.15, 0.2) is 42.5 Å². The first-order chi connectivity index (χ1) is 13.3. The number of rotatable bonds is 8. The van der Waals surface area contributed by atoms with E-state index in [-0.39, 0.29) is 19.1 Å². The molecule has 0 aliphatic rings. The molecule has 1 amide bonds. The summed E-state index contributed by atoms with van der Waals surface area (Å²) >= 11 is 5.95. The SMILES string of the molecule is Cc1cc(OCC(=O)OCC(=O)N(C)Cc2ccc(N(C)C)cc2)ccc1Cl. The minimum atomic E-state index is -0.607. The standard InChI is InChI=1S/C21H25ClN2O4/c1-15-11-18(9-10-19(15)22)27-14-21(26)28-13-20(25)24(4)12-16-5-7-17(8-6-16)23(2)3/h5-11H,12-14H2,1-4H3. The summed E-state index contributed by atoms with van der Waals surface area (Å²) in [4.78, 5) is 27.5. The second kappa shape index (κ2) is 9.99. The van der Waals surface area contributed by atoms with Crippen LogP contribution in [0.4, 0.5) is 5.69 Å². The Hall–Kier alpha value is -2.73. The van der Waals surface area contributed by atoms with Gasteiger partial charge in [-0.2, -0.15) is 0 Å². The van der Waals surface area contributed by atoms with Crippen molar-refractivity contribution >= 4 is 29.2 Å². The molecule has 0 saturated heterocycles. The number of aryl methyl sites for hydroxylation is 1. The molecule has 2 rings (SSSR count). The maximum atomic E-state index is 12.2. The Labute approximate surface area is 170 Å². The van der Waals surface area contributed by atoms with Crippen molar-refractivity contribution in [1.82, 2.24) is 4.90 Å². The first-order valence-corrected chi connectivity index (χ1v) is 9.19. The number of hydrogen-bond donors (Lipinski definition) is 0. The van der Waals surface area contributed by atoms with E-state index in [1.54, 1.807) is 25.2 Å². The molecule has 0 spiro atoms. The number of ether oxygens (including phenoxy) is 2. The van der Waals surface area contributed by atoms with Crippen molar-refractivity contribution in [2.24, 2.45) is 0 Å². The van der Waals surface area contributed by atoms with E-state index in [0.717, 1.165) is 16.8 Å². The quantitative estimate of drug-likeness (QED) is 0.632. The van der Waals surface area contributed by atoms with Gasteiger partial charge >= 0.3 is 5.97 Å². The second-order valence-corrected chi connectivity index (χ2v) is 7.08. The van der Waals surface area contributed by atoms with Crippen molar-refractivity contribution in [1.29, 1.82) is 0 Å². The van der Waals surface area contributed by atoms with Gasteiger partial charge in [0.15, 0.2) is 13.2 Å². The number of hydrogen-bond acceptors (Lipinski definition) is 5. The van der Waals surface area contributed by atoms with Crippen LogP contribution in [0.5, 0.6) is 5.75 Å². The average molecular weight is 405 g/mol. The second-order valence-electron chi connectivity index (χ2n) is 6.67. The van der Waals surface area contributed by atoms with E-state index in [0.29, 0.717) is 17.3 Å². The van der Waals surface area contributed by atoms with Gasteiger partial charge < -0.3 is 19.3 Å². The average Bonchev–Trinajstić information content (AvgIpc) is 2.67. The third kappa shape index (κ3) is 6.46. The maximum Gasteiger partial charge on any atom is 0.344 e. The minimum Gasteiger partial charge on any atom is -0.482 e. The van der Waals surface area contributed by atoms with Crippen LogP contribution in [0.2, 0.25) is 5.02 Å². The minimum absolute atomic E-state index is 0.274. The number of anilines is 1. The summed E-state index contributed by atoms with van der Waals surface area (Å²) < 4.78 is 10.4. The van der Waals surface area contributed by atoms with E-state index < -0.39 is 5.97 Å². The molecule has 0 heterocycles. The molecule has 0 aliphatic carbocycles. The number of nitrogens with zero attached hydrogens (tertiary/aromatic N) is 2. The van der Waals surface area contributed by atoms with Gasteiger partial charge in [-0.25, -0.2) is 4.79 Å². The largest absolute Gasteiger partial charge is 0.482 e. The van der Waals surface area contributed by atoms with Crippen LogP contribution in [-0.4, -0.2) is 51.1 Å². The van der Waals surface area contributed by atoms with E-state index in [4.69, 9.17) is 21.1 Å². The van der Waals surface area contributed by atoms with Gasteiger partial charge in [0.25, 0.3) is 5.91 Å². The van der Waals surface area contributed by atoms with Gasteiger partial charge in [0.1, 0.15) is 5.75 Å². The molecular weight excluding hydrogens is 380 g/mol. The van der Waals surface area contributed by atoms with Crippen molar-refractivity contribution in [3.05, 3.63) is 58.6 Å². The first-order valence-electron chi connectivity index (χ1n) is 8.81. The number of carbonyl (C=O) groups excluding carboxylic acids is 2. The molecule has 7 heteroatoms. The van der Waals surface area contributed by atoms with Crippen LogP contribution in [0, 0.1) is 6.92 Å². The van der Waals surface area contributed by atoms with Gasteiger partial charge in [0.05, 0.1) is 0 Å². The summed E-state index contributed by atoms with van der Waals surface area (Å²) in [5.74, 6) is -0.375.